The lowest BCUT2D eigenvalue weighted by Crippen LogP contribution is -2.01. The Morgan fingerprint density at radius 3 is 2.75 bits per heavy atom. The third kappa shape index (κ3) is 3.26. The van der Waals surface area contributed by atoms with Gasteiger partial charge in [0.1, 0.15) is 11.0 Å². The SMILES string of the molecule is N#Cc1ccc(Nc2cc(C(=O)O)cc(Cl)n2)c(Br)c1. The van der Waals surface area contributed by atoms with Crippen LogP contribution in [0.1, 0.15) is 15.9 Å². The second kappa shape index (κ2) is 5.90. The van der Waals surface area contributed by atoms with Crippen molar-refractivity contribution < 1.29 is 9.90 Å². The quantitative estimate of drug-likeness (QED) is 0.820. The lowest BCUT2D eigenvalue weighted by Gasteiger charge is -2.09. The minimum absolute atomic E-state index is 0.0391. The van der Waals surface area contributed by atoms with Crippen molar-refractivity contribution in [2.75, 3.05) is 5.32 Å². The number of hydrogen-bond acceptors (Lipinski definition) is 4. The smallest absolute Gasteiger partial charge is 0.335 e. The predicted octanol–water partition coefficient (Wildman–Crippen LogP) is 3.81. The summed E-state index contributed by atoms with van der Waals surface area (Å²) in [4.78, 5) is 14.9. The maximum Gasteiger partial charge on any atom is 0.335 e. The molecule has 2 rings (SSSR count). The molecule has 0 aliphatic heterocycles. The fourth-order valence-corrected chi connectivity index (χ4v) is 2.19. The number of nitrogens with one attached hydrogen (secondary N) is 1. The van der Waals surface area contributed by atoms with Gasteiger partial charge in [-0.3, -0.25) is 0 Å². The monoisotopic (exact) mass is 351 g/mol. The first-order valence-corrected chi connectivity index (χ1v) is 6.54. The molecule has 2 aromatic rings. The summed E-state index contributed by atoms with van der Waals surface area (Å²) in [5.74, 6) is -0.781. The second-order valence-corrected chi connectivity index (χ2v) is 5.04. The Kier molecular flexibility index (Phi) is 4.23. The van der Waals surface area contributed by atoms with Crippen molar-refractivity contribution in [2.45, 2.75) is 0 Å². The summed E-state index contributed by atoms with van der Waals surface area (Å²) in [5.41, 5.74) is 1.19. The highest BCUT2D eigenvalue weighted by Gasteiger charge is 2.09. The average molecular weight is 353 g/mol. The molecule has 7 heteroatoms. The number of carboxylic acids is 1. The molecule has 0 atom stereocenters. The van der Waals surface area contributed by atoms with Gasteiger partial charge in [-0.15, -0.1) is 0 Å². The fraction of sp³-hybridized carbons (Fsp3) is 0. The van der Waals surface area contributed by atoms with E-state index in [1.807, 2.05) is 6.07 Å². The van der Waals surface area contributed by atoms with Crippen molar-refractivity contribution >= 4 is 45.0 Å². The summed E-state index contributed by atoms with van der Waals surface area (Å²) in [5, 5.41) is 20.8. The molecule has 0 aliphatic rings. The minimum Gasteiger partial charge on any atom is -0.478 e. The number of nitriles is 1. The zero-order valence-corrected chi connectivity index (χ0v) is 12.2. The maximum absolute atomic E-state index is 10.9. The first-order valence-electron chi connectivity index (χ1n) is 5.37. The summed E-state index contributed by atoms with van der Waals surface area (Å²) in [6.45, 7) is 0. The van der Waals surface area contributed by atoms with Crippen LogP contribution in [-0.2, 0) is 0 Å². The van der Waals surface area contributed by atoms with Gasteiger partial charge < -0.3 is 10.4 Å². The summed E-state index contributed by atoms with van der Waals surface area (Å²) in [6, 6.07) is 9.63. The van der Waals surface area contributed by atoms with Crippen LogP contribution in [0, 0.1) is 11.3 Å². The number of anilines is 2. The highest BCUT2D eigenvalue weighted by Crippen LogP contribution is 2.27. The first kappa shape index (κ1) is 14.3. The lowest BCUT2D eigenvalue weighted by molar-refractivity contribution is 0.0697. The molecule has 0 spiro atoms. The van der Waals surface area contributed by atoms with E-state index < -0.39 is 5.97 Å². The maximum atomic E-state index is 10.9. The molecular weight excluding hydrogens is 346 g/mol. The molecule has 0 aliphatic carbocycles. The molecule has 5 nitrogen and oxygen atoms in total. The summed E-state index contributed by atoms with van der Waals surface area (Å²) >= 11 is 9.10. The van der Waals surface area contributed by atoms with E-state index in [4.69, 9.17) is 22.0 Å². The van der Waals surface area contributed by atoms with Gasteiger partial charge in [0.05, 0.1) is 22.9 Å². The van der Waals surface area contributed by atoms with Crippen molar-refractivity contribution in [3.05, 3.63) is 51.1 Å². The van der Waals surface area contributed by atoms with Crippen molar-refractivity contribution in [3.63, 3.8) is 0 Å². The van der Waals surface area contributed by atoms with E-state index in [-0.39, 0.29) is 10.7 Å². The Morgan fingerprint density at radius 2 is 2.15 bits per heavy atom. The van der Waals surface area contributed by atoms with Crippen molar-refractivity contribution in [1.82, 2.24) is 4.98 Å². The highest BCUT2D eigenvalue weighted by molar-refractivity contribution is 9.10. The molecule has 1 aromatic heterocycles. The van der Waals surface area contributed by atoms with Crippen LogP contribution >= 0.6 is 27.5 Å². The van der Waals surface area contributed by atoms with Crippen LogP contribution in [0.2, 0.25) is 5.15 Å². The van der Waals surface area contributed by atoms with E-state index in [0.717, 1.165) is 0 Å². The summed E-state index contributed by atoms with van der Waals surface area (Å²) < 4.78 is 0.662. The Bertz CT molecular complexity index is 728. The lowest BCUT2D eigenvalue weighted by atomic mass is 10.2. The fourth-order valence-electron chi connectivity index (χ4n) is 1.51. The molecule has 1 aromatic carbocycles. The van der Waals surface area contributed by atoms with E-state index in [1.165, 1.54) is 12.1 Å². The third-order valence-corrected chi connectivity index (χ3v) is 3.25. The van der Waals surface area contributed by atoms with E-state index in [1.54, 1.807) is 18.2 Å². The van der Waals surface area contributed by atoms with Gasteiger partial charge in [-0.2, -0.15) is 5.26 Å². The van der Waals surface area contributed by atoms with Crippen molar-refractivity contribution in [1.29, 1.82) is 5.26 Å². The Morgan fingerprint density at radius 1 is 1.40 bits per heavy atom. The number of carbonyl (C=O) groups is 1. The van der Waals surface area contributed by atoms with Crippen LogP contribution in [0.25, 0.3) is 0 Å². The number of aromatic nitrogens is 1. The predicted molar refractivity (Wildman–Crippen MR) is 78.3 cm³/mol. The van der Waals surface area contributed by atoms with Crippen LogP contribution in [0.4, 0.5) is 11.5 Å². The Hall–Kier alpha value is -2.10. The second-order valence-electron chi connectivity index (χ2n) is 3.80. The van der Waals surface area contributed by atoms with Crippen LogP contribution < -0.4 is 5.32 Å². The minimum atomic E-state index is -1.09. The molecule has 0 fully saturated rings. The Balaban J connectivity index is 2.35. The molecular formula is C13H7BrClN3O2. The average Bonchev–Trinajstić information content (AvgIpc) is 2.40. The number of pyridine rings is 1. The van der Waals surface area contributed by atoms with E-state index in [0.29, 0.717) is 21.5 Å². The molecule has 2 N–H and O–H groups in total. The van der Waals surface area contributed by atoms with Gasteiger partial charge in [-0.05, 0) is 46.3 Å². The van der Waals surface area contributed by atoms with Gasteiger partial charge in [0.2, 0.25) is 0 Å². The molecule has 0 unspecified atom stereocenters. The van der Waals surface area contributed by atoms with Crippen molar-refractivity contribution in [3.8, 4) is 6.07 Å². The summed E-state index contributed by atoms with van der Waals surface area (Å²) in [6.07, 6.45) is 0. The van der Waals surface area contributed by atoms with Gasteiger partial charge in [0.25, 0.3) is 0 Å². The topological polar surface area (TPSA) is 86.0 Å². The van der Waals surface area contributed by atoms with E-state index in [9.17, 15) is 4.79 Å². The Labute approximate surface area is 128 Å². The summed E-state index contributed by atoms with van der Waals surface area (Å²) in [7, 11) is 0. The number of carboxylic acid groups (broad SMARTS) is 1. The number of nitrogens with zero attached hydrogens (tertiary/aromatic N) is 2. The van der Waals surface area contributed by atoms with Crippen LogP contribution in [-0.4, -0.2) is 16.1 Å². The standard InChI is InChI=1S/C13H7BrClN3O2/c14-9-3-7(6-16)1-2-10(9)17-12-5-8(13(19)20)4-11(15)18-12/h1-5H,(H,17,18)(H,19,20). The van der Waals surface area contributed by atoms with Crippen LogP contribution in [0.15, 0.2) is 34.8 Å². The molecule has 1 heterocycles. The normalized spacial score (nSPS) is 9.85. The number of aromatic carboxylic acids is 1. The first-order chi connectivity index (χ1) is 9.49. The number of halogens is 2. The zero-order valence-electron chi connectivity index (χ0n) is 9.89. The van der Waals surface area contributed by atoms with Gasteiger partial charge >= 0.3 is 5.97 Å². The molecule has 0 bridgehead atoms. The highest BCUT2D eigenvalue weighted by atomic mass is 79.9. The number of hydrogen-bond donors (Lipinski definition) is 2. The van der Waals surface area contributed by atoms with E-state index >= 15 is 0 Å². The zero-order chi connectivity index (χ0) is 14.7. The van der Waals surface area contributed by atoms with E-state index in [2.05, 4.69) is 26.2 Å². The van der Waals surface area contributed by atoms with Gasteiger partial charge in [0, 0.05) is 4.47 Å². The number of benzene rings is 1. The third-order valence-electron chi connectivity index (χ3n) is 2.40. The molecule has 0 saturated heterocycles. The molecule has 0 amide bonds. The largest absolute Gasteiger partial charge is 0.478 e. The molecule has 100 valence electrons. The van der Waals surface area contributed by atoms with Gasteiger partial charge in [-0.25, -0.2) is 9.78 Å². The van der Waals surface area contributed by atoms with Gasteiger partial charge in [-0.1, -0.05) is 11.6 Å². The number of rotatable bonds is 3. The molecule has 0 radical (unpaired) electrons. The molecule has 20 heavy (non-hydrogen) atoms. The van der Waals surface area contributed by atoms with Gasteiger partial charge in [0.15, 0.2) is 0 Å². The van der Waals surface area contributed by atoms with Crippen LogP contribution in [0.3, 0.4) is 0 Å². The van der Waals surface area contributed by atoms with Crippen molar-refractivity contribution in [2.24, 2.45) is 0 Å². The molecule has 0 saturated carbocycles. The van der Waals surface area contributed by atoms with Crippen LogP contribution in [0.5, 0.6) is 0 Å².